The van der Waals surface area contributed by atoms with E-state index >= 15 is 0 Å². The molecule has 12 heteroatoms. The van der Waals surface area contributed by atoms with Gasteiger partial charge in [0, 0.05) is 0 Å². The Morgan fingerprint density at radius 3 is 1.97 bits per heavy atom. The number of aliphatic hydroxyl groups excluding tert-OH is 7. The van der Waals surface area contributed by atoms with Crippen molar-refractivity contribution in [2.75, 3.05) is 13.2 Å². The third-order valence-corrected chi connectivity index (χ3v) is 5.43. The van der Waals surface area contributed by atoms with Gasteiger partial charge in [-0.2, -0.15) is 5.26 Å². The molecule has 32 heavy (non-hydrogen) atoms. The third kappa shape index (κ3) is 5.25. The fourth-order valence-corrected chi connectivity index (χ4v) is 3.51. The van der Waals surface area contributed by atoms with E-state index in [1.54, 1.807) is 30.3 Å². The lowest BCUT2D eigenvalue weighted by molar-refractivity contribution is -0.334. The molecular weight excluding hydrogens is 430 g/mol. The Bertz CT molecular complexity index is 760. The van der Waals surface area contributed by atoms with E-state index in [0.29, 0.717) is 5.56 Å². The van der Waals surface area contributed by atoms with Crippen LogP contribution in [-0.4, -0.2) is 110 Å². The molecule has 2 aliphatic rings. The van der Waals surface area contributed by atoms with Crippen LogP contribution in [0.15, 0.2) is 30.3 Å². The molecule has 0 bridgehead atoms. The van der Waals surface area contributed by atoms with Gasteiger partial charge in [-0.25, -0.2) is 0 Å². The summed E-state index contributed by atoms with van der Waals surface area (Å²) < 4.78 is 21.6. The van der Waals surface area contributed by atoms with Gasteiger partial charge in [0.05, 0.1) is 19.3 Å². The predicted molar refractivity (Wildman–Crippen MR) is 102 cm³/mol. The molecule has 2 fully saturated rings. The standard InChI is InChI=1S/C20H27NO11/c21-6-10(9-4-2-1-3-5-9)30-20-18(28)16(26)14(24)12(32-20)8-29-19-17(27)15(25)13(23)11(7-22)31-19/h1-5,10-20,22-28H,7-8H2/t10-,11-,12-,13+,14+,15+,16+,17+,18+,19-,20-/m0/s1. The molecule has 2 aliphatic heterocycles. The van der Waals surface area contributed by atoms with Crippen LogP contribution in [0.25, 0.3) is 0 Å². The van der Waals surface area contributed by atoms with Crippen LogP contribution in [0.3, 0.4) is 0 Å². The topological polar surface area (TPSA) is 202 Å². The summed E-state index contributed by atoms with van der Waals surface area (Å²) in [5.41, 5.74) is 0.487. The van der Waals surface area contributed by atoms with Crippen LogP contribution in [0.4, 0.5) is 0 Å². The summed E-state index contributed by atoms with van der Waals surface area (Å²) in [5.74, 6) is 0. The number of rotatable bonds is 7. The molecule has 0 aliphatic carbocycles. The second-order valence-corrected chi connectivity index (χ2v) is 7.60. The van der Waals surface area contributed by atoms with Gasteiger partial charge in [0.25, 0.3) is 0 Å². The van der Waals surface area contributed by atoms with Crippen molar-refractivity contribution in [2.45, 2.75) is 67.5 Å². The summed E-state index contributed by atoms with van der Waals surface area (Å²) in [4.78, 5) is 0. The average Bonchev–Trinajstić information content (AvgIpc) is 2.81. The fraction of sp³-hybridized carbons (Fsp3) is 0.650. The maximum atomic E-state index is 10.3. The zero-order chi connectivity index (χ0) is 23.4. The first-order valence-corrected chi connectivity index (χ1v) is 10.00. The largest absolute Gasteiger partial charge is 0.394 e. The SMILES string of the molecule is N#C[C@H](O[C@H]1O[C@@H](CO[C@H]2O[C@@H](CO)[C@@H](O)[C@@H](O)[C@H]2O)[C@@H](O)[C@@H](O)[C@H]1O)c1ccccc1. The van der Waals surface area contributed by atoms with Crippen LogP contribution in [0.5, 0.6) is 0 Å². The van der Waals surface area contributed by atoms with Crippen LogP contribution in [0.1, 0.15) is 11.7 Å². The van der Waals surface area contributed by atoms with Gasteiger partial charge in [-0.1, -0.05) is 30.3 Å². The molecule has 12 nitrogen and oxygen atoms in total. The van der Waals surface area contributed by atoms with E-state index in [4.69, 9.17) is 18.9 Å². The summed E-state index contributed by atoms with van der Waals surface area (Å²) in [6.07, 6.45) is -16.5. The number of hydrogen-bond donors (Lipinski definition) is 7. The summed E-state index contributed by atoms with van der Waals surface area (Å²) in [7, 11) is 0. The minimum absolute atomic E-state index is 0.487. The third-order valence-electron chi connectivity index (χ3n) is 5.43. The molecule has 0 amide bonds. The number of benzene rings is 1. The van der Waals surface area contributed by atoms with Crippen molar-refractivity contribution in [3.05, 3.63) is 35.9 Å². The summed E-state index contributed by atoms with van der Waals surface area (Å²) in [5, 5.41) is 79.1. The highest BCUT2D eigenvalue weighted by Gasteiger charge is 2.48. The Morgan fingerprint density at radius 1 is 0.812 bits per heavy atom. The average molecular weight is 457 g/mol. The quantitative estimate of drug-likeness (QED) is 0.218. The molecular formula is C20H27NO11. The van der Waals surface area contributed by atoms with Gasteiger partial charge >= 0.3 is 0 Å². The Balaban J connectivity index is 1.65. The van der Waals surface area contributed by atoms with Crippen LogP contribution in [0.2, 0.25) is 0 Å². The van der Waals surface area contributed by atoms with Crippen molar-refractivity contribution < 1.29 is 54.7 Å². The smallest absolute Gasteiger partial charge is 0.188 e. The molecule has 0 aromatic heterocycles. The lowest BCUT2D eigenvalue weighted by atomic mass is 9.98. The van der Waals surface area contributed by atoms with Crippen molar-refractivity contribution >= 4 is 0 Å². The minimum Gasteiger partial charge on any atom is -0.394 e. The van der Waals surface area contributed by atoms with E-state index in [1.807, 2.05) is 6.07 Å². The van der Waals surface area contributed by atoms with Crippen LogP contribution < -0.4 is 0 Å². The van der Waals surface area contributed by atoms with E-state index in [2.05, 4.69) is 0 Å². The van der Waals surface area contributed by atoms with E-state index < -0.39 is 80.7 Å². The molecule has 7 N–H and O–H groups in total. The van der Waals surface area contributed by atoms with Crippen molar-refractivity contribution in [1.82, 2.24) is 0 Å². The van der Waals surface area contributed by atoms with Gasteiger partial charge in [-0.15, -0.1) is 0 Å². The second kappa shape index (κ2) is 10.9. The Kier molecular flexibility index (Phi) is 8.50. The Labute approximate surface area is 183 Å². The maximum absolute atomic E-state index is 10.3. The van der Waals surface area contributed by atoms with Crippen molar-refractivity contribution in [3.63, 3.8) is 0 Å². The lowest BCUT2D eigenvalue weighted by Crippen LogP contribution is -2.61. The summed E-state index contributed by atoms with van der Waals surface area (Å²) in [6.45, 7) is -1.14. The van der Waals surface area contributed by atoms with Gasteiger partial charge in [0.15, 0.2) is 18.7 Å². The van der Waals surface area contributed by atoms with Gasteiger partial charge in [0.1, 0.15) is 48.8 Å². The molecule has 11 atom stereocenters. The second-order valence-electron chi connectivity index (χ2n) is 7.60. The maximum Gasteiger partial charge on any atom is 0.188 e. The van der Waals surface area contributed by atoms with E-state index in [-0.39, 0.29) is 0 Å². The number of aliphatic hydroxyl groups is 7. The Hall–Kier alpha value is -1.73. The number of nitrogens with zero attached hydrogens (tertiary/aromatic N) is 1. The Morgan fingerprint density at radius 2 is 1.38 bits per heavy atom. The van der Waals surface area contributed by atoms with Crippen molar-refractivity contribution in [1.29, 1.82) is 5.26 Å². The first kappa shape index (κ1) is 24.9. The highest BCUT2D eigenvalue weighted by molar-refractivity contribution is 5.22. The van der Waals surface area contributed by atoms with Crippen LogP contribution >= 0.6 is 0 Å². The predicted octanol–water partition coefficient (Wildman–Crippen LogP) is -3.11. The van der Waals surface area contributed by atoms with Gasteiger partial charge in [-0.05, 0) is 5.56 Å². The molecule has 2 saturated heterocycles. The number of nitriles is 1. The van der Waals surface area contributed by atoms with Crippen LogP contribution in [0, 0.1) is 11.3 Å². The van der Waals surface area contributed by atoms with E-state index in [0.717, 1.165) is 0 Å². The molecule has 178 valence electrons. The zero-order valence-corrected chi connectivity index (χ0v) is 16.9. The van der Waals surface area contributed by atoms with Gasteiger partial charge in [0.2, 0.25) is 0 Å². The first-order chi connectivity index (χ1) is 15.3. The highest BCUT2D eigenvalue weighted by atomic mass is 16.7. The molecule has 3 rings (SSSR count). The van der Waals surface area contributed by atoms with E-state index in [1.165, 1.54) is 0 Å². The van der Waals surface area contributed by atoms with Crippen LogP contribution in [-0.2, 0) is 18.9 Å². The van der Waals surface area contributed by atoms with Gasteiger partial charge in [-0.3, -0.25) is 0 Å². The van der Waals surface area contributed by atoms with Crippen molar-refractivity contribution in [3.8, 4) is 6.07 Å². The normalized spacial score (nSPS) is 41.1. The number of ether oxygens (including phenoxy) is 4. The molecule has 0 saturated carbocycles. The molecule has 0 unspecified atom stereocenters. The lowest BCUT2D eigenvalue weighted by Gasteiger charge is -2.43. The molecule has 1 aromatic rings. The minimum atomic E-state index is -1.70. The summed E-state index contributed by atoms with van der Waals surface area (Å²) >= 11 is 0. The highest BCUT2D eigenvalue weighted by Crippen LogP contribution is 2.28. The molecule has 0 radical (unpaired) electrons. The molecule has 0 spiro atoms. The zero-order valence-electron chi connectivity index (χ0n) is 16.9. The molecule has 1 aromatic carbocycles. The van der Waals surface area contributed by atoms with E-state index in [9.17, 15) is 41.0 Å². The monoisotopic (exact) mass is 457 g/mol. The summed E-state index contributed by atoms with van der Waals surface area (Å²) in [6, 6.07) is 10.3. The van der Waals surface area contributed by atoms with Gasteiger partial charge < -0.3 is 54.7 Å². The molecule has 2 heterocycles. The fourth-order valence-electron chi connectivity index (χ4n) is 3.51. The van der Waals surface area contributed by atoms with Crippen molar-refractivity contribution in [2.24, 2.45) is 0 Å². The first-order valence-electron chi connectivity index (χ1n) is 10.00. The number of hydrogen-bond acceptors (Lipinski definition) is 12.